The van der Waals surface area contributed by atoms with Gasteiger partial charge < -0.3 is 15.7 Å². The number of urea groups is 1. The molecule has 0 aliphatic rings. The molecule has 1 aromatic rings. The van der Waals surface area contributed by atoms with Gasteiger partial charge in [0.2, 0.25) is 0 Å². The minimum absolute atomic E-state index is 0.156. The molecule has 0 aliphatic heterocycles. The Morgan fingerprint density at radius 3 is 2.63 bits per heavy atom. The quantitative estimate of drug-likeness (QED) is 0.749. The van der Waals surface area contributed by atoms with Gasteiger partial charge in [0.1, 0.15) is 6.04 Å². The molecule has 0 aromatic carbocycles. The molecular weight excluding hydrogens is 264 g/mol. The van der Waals surface area contributed by atoms with Gasteiger partial charge in [0.05, 0.1) is 6.54 Å². The minimum atomic E-state index is -1.02. The second-order valence-electron chi connectivity index (χ2n) is 4.61. The Balaban J connectivity index is 2.49. The lowest BCUT2D eigenvalue weighted by Gasteiger charge is -2.18. The molecule has 1 aromatic heterocycles. The Morgan fingerprint density at radius 1 is 1.42 bits per heavy atom. The number of carbonyl (C=O) groups is 2. The molecule has 0 bridgehead atoms. The monoisotopic (exact) mass is 284 g/mol. The first kappa shape index (κ1) is 15.5. The maximum Gasteiger partial charge on any atom is 0.326 e. The van der Waals surface area contributed by atoms with E-state index in [4.69, 9.17) is 5.11 Å². The van der Waals surface area contributed by atoms with E-state index < -0.39 is 18.0 Å². The van der Waals surface area contributed by atoms with Crippen molar-refractivity contribution in [3.63, 3.8) is 0 Å². The van der Waals surface area contributed by atoms with Crippen molar-refractivity contribution in [2.24, 2.45) is 5.92 Å². The fourth-order valence-corrected chi connectivity index (χ4v) is 2.62. The molecule has 0 radical (unpaired) electrons. The summed E-state index contributed by atoms with van der Waals surface area (Å²) in [4.78, 5) is 23.8. The highest BCUT2D eigenvalue weighted by Crippen LogP contribution is 2.16. The molecule has 106 valence electrons. The van der Waals surface area contributed by atoms with Crippen LogP contribution in [0.25, 0.3) is 0 Å². The van der Waals surface area contributed by atoms with Gasteiger partial charge in [0.25, 0.3) is 0 Å². The Hall–Kier alpha value is -1.56. The fourth-order valence-electron chi connectivity index (χ4n) is 1.70. The molecule has 6 heteroatoms. The van der Waals surface area contributed by atoms with Crippen LogP contribution in [-0.2, 0) is 17.8 Å². The SMILES string of the molecule is CCc1ccsc1CNC(=O)N[C@@H](C(=O)O)C(C)C. The number of amides is 2. The van der Waals surface area contributed by atoms with Gasteiger partial charge >= 0.3 is 12.0 Å². The van der Waals surface area contributed by atoms with Crippen LogP contribution in [0.4, 0.5) is 4.79 Å². The van der Waals surface area contributed by atoms with Crippen molar-refractivity contribution in [2.45, 2.75) is 39.8 Å². The third kappa shape index (κ3) is 4.55. The molecule has 2 amide bonds. The summed E-state index contributed by atoms with van der Waals surface area (Å²) in [5, 5.41) is 16.1. The van der Waals surface area contributed by atoms with Crippen molar-refractivity contribution in [1.29, 1.82) is 0 Å². The van der Waals surface area contributed by atoms with Crippen LogP contribution < -0.4 is 10.6 Å². The Kier molecular flexibility index (Phi) is 5.82. The summed E-state index contributed by atoms with van der Waals surface area (Å²) in [5.41, 5.74) is 1.21. The molecule has 19 heavy (non-hydrogen) atoms. The van der Waals surface area contributed by atoms with E-state index in [1.54, 1.807) is 25.2 Å². The van der Waals surface area contributed by atoms with Gasteiger partial charge in [-0.25, -0.2) is 9.59 Å². The molecule has 1 atom stereocenters. The summed E-state index contributed by atoms with van der Waals surface area (Å²) < 4.78 is 0. The fraction of sp³-hybridized carbons (Fsp3) is 0.538. The lowest BCUT2D eigenvalue weighted by molar-refractivity contribution is -0.140. The highest BCUT2D eigenvalue weighted by Gasteiger charge is 2.23. The average molecular weight is 284 g/mol. The maximum absolute atomic E-state index is 11.7. The summed E-state index contributed by atoms with van der Waals surface area (Å²) in [6, 6.07) is 0.721. The van der Waals surface area contributed by atoms with E-state index >= 15 is 0 Å². The lowest BCUT2D eigenvalue weighted by atomic mass is 10.1. The van der Waals surface area contributed by atoms with E-state index in [1.165, 1.54) is 5.56 Å². The first-order chi connectivity index (χ1) is 8.95. The highest BCUT2D eigenvalue weighted by molar-refractivity contribution is 7.10. The van der Waals surface area contributed by atoms with Crippen LogP contribution in [0.2, 0.25) is 0 Å². The van der Waals surface area contributed by atoms with Crippen LogP contribution in [0.15, 0.2) is 11.4 Å². The number of thiophene rings is 1. The number of hydrogen-bond donors (Lipinski definition) is 3. The molecule has 3 N–H and O–H groups in total. The number of nitrogens with one attached hydrogen (secondary N) is 2. The zero-order valence-electron chi connectivity index (χ0n) is 11.4. The summed E-state index contributed by atoms with van der Waals surface area (Å²) in [6.45, 7) is 6.00. The normalized spacial score (nSPS) is 12.2. The number of carboxylic acids is 1. The van der Waals surface area contributed by atoms with Gasteiger partial charge in [0, 0.05) is 4.88 Å². The number of rotatable bonds is 6. The van der Waals surface area contributed by atoms with E-state index in [2.05, 4.69) is 17.6 Å². The number of aliphatic carboxylic acids is 1. The topological polar surface area (TPSA) is 78.4 Å². The number of carbonyl (C=O) groups excluding carboxylic acids is 1. The van der Waals surface area contributed by atoms with E-state index in [-0.39, 0.29) is 5.92 Å². The molecule has 0 unspecified atom stereocenters. The number of carboxylic acid groups (broad SMARTS) is 1. The standard InChI is InChI=1S/C13H20N2O3S/c1-4-9-5-6-19-10(9)7-14-13(18)15-11(8(2)3)12(16)17/h5-6,8,11H,4,7H2,1-3H3,(H,16,17)(H2,14,15,18)/t11-/m1/s1. The zero-order valence-corrected chi connectivity index (χ0v) is 12.2. The lowest BCUT2D eigenvalue weighted by Crippen LogP contribution is -2.48. The van der Waals surface area contributed by atoms with Crippen LogP contribution in [-0.4, -0.2) is 23.1 Å². The molecule has 0 spiro atoms. The Morgan fingerprint density at radius 2 is 2.11 bits per heavy atom. The third-order valence-corrected chi connectivity index (χ3v) is 3.81. The van der Waals surface area contributed by atoms with Crippen molar-refractivity contribution in [3.05, 3.63) is 21.9 Å². The molecule has 0 saturated carbocycles. The second kappa shape index (κ2) is 7.13. The maximum atomic E-state index is 11.7. The molecule has 0 saturated heterocycles. The van der Waals surface area contributed by atoms with Crippen molar-refractivity contribution in [2.75, 3.05) is 0 Å². The van der Waals surface area contributed by atoms with E-state index in [0.717, 1.165) is 11.3 Å². The third-order valence-electron chi connectivity index (χ3n) is 2.85. The Bertz CT molecular complexity index is 443. The van der Waals surface area contributed by atoms with Gasteiger partial charge in [-0.1, -0.05) is 20.8 Å². The molecule has 5 nitrogen and oxygen atoms in total. The number of hydrogen-bond acceptors (Lipinski definition) is 3. The van der Waals surface area contributed by atoms with E-state index in [1.807, 2.05) is 11.4 Å². The molecule has 0 aliphatic carbocycles. The van der Waals surface area contributed by atoms with Crippen LogP contribution in [0.5, 0.6) is 0 Å². The van der Waals surface area contributed by atoms with Crippen molar-refractivity contribution in [3.8, 4) is 0 Å². The predicted molar refractivity (Wildman–Crippen MR) is 75.3 cm³/mol. The predicted octanol–water partition coefficient (Wildman–Crippen LogP) is 2.22. The van der Waals surface area contributed by atoms with Gasteiger partial charge in [-0.3, -0.25) is 0 Å². The van der Waals surface area contributed by atoms with Crippen molar-refractivity contribution < 1.29 is 14.7 Å². The highest BCUT2D eigenvalue weighted by atomic mass is 32.1. The van der Waals surface area contributed by atoms with Crippen LogP contribution in [0, 0.1) is 5.92 Å². The first-order valence-corrected chi connectivity index (χ1v) is 7.16. The van der Waals surface area contributed by atoms with Crippen LogP contribution in [0.1, 0.15) is 31.2 Å². The summed E-state index contributed by atoms with van der Waals surface area (Å²) >= 11 is 1.59. The first-order valence-electron chi connectivity index (χ1n) is 6.28. The summed E-state index contributed by atoms with van der Waals surface area (Å²) in [7, 11) is 0. The van der Waals surface area contributed by atoms with Gasteiger partial charge in [-0.2, -0.15) is 0 Å². The Labute approximate surface area is 117 Å². The molecular formula is C13H20N2O3S. The smallest absolute Gasteiger partial charge is 0.326 e. The van der Waals surface area contributed by atoms with Crippen LogP contribution in [0.3, 0.4) is 0 Å². The molecule has 1 rings (SSSR count). The van der Waals surface area contributed by atoms with E-state index in [9.17, 15) is 9.59 Å². The van der Waals surface area contributed by atoms with Crippen molar-refractivity contribution >= 4 is 23.3 Å². The minimum Gasteiger partial charge on any atom is -0.480 e. The van der Waals surface area contributed by atoms with Crippen molar-refractivity contribution in [1.82, 2.24) is 10.6 Å². The number of aryl methyl sites for hydroxylation is 1. The zero-order chi connectivity index (χ0) is 14.4. The van der Waals surface area contributed by atoms with Gasteiger partial charge in [-0.15, -0.1) is 11.3 Å². The molecule has 1 heterocycles. The van der Waals surface area contributed by atoms with Crippen LogP contribution >= 0.6 is 11.3 Å². The summed E-state index contributed by atoms with van der Waals surface area (Å²) in [5.74, 6) is -1.17. The summed E-state index contributed by atoms with van der Waals surface area (Å²) in [6.07, 6.45) is 0.922. The second-order valence-corrected chi connectivity index (χ2v) is 5.61. The molecule has 0 fully saturated rings. The van der Waals surface area contributed by atoms with E-state index in [0.29, 0.717) is 6.54 Å². The van der Waals surface area contributed by atoms with Gasteiger partial charge in [-0.05, 0) is 29.3 Å². The van der Waals surface area contributed by atoms with Gasteiger partial charge in [0.15, 0.2) is 0 Å². The average Bonchev–Trinajstić information content (AvgIpc) is 2.79. The largest absolute Gasteiger partial charge is 0.480 e.